The summed E-state index contributed by atoms with van der Waals surface area (Å²) in [5.41, 5.74) is 0. The second-order valence-corrected chi connectivity index (χ2v) is 5.84. The Morgan fingerprint density at radius 1 is 1.47 bits per heavy atom. The molecule has 1 fully saturated rings. The van der Waals surface area contributed by atoms with Crippen LogP contribution in [0, 0.1) is 5.92 Å². The highest BCUT2D eigenvalue weighted by Gasteiger charge is 2.33. The summed E-state index contributed by atoms with van der Waals surface area (Å²) in [5.74, 6) is -3.30. The number of aliphatic carboxylic acids is 1. The van der Waals surface area contributed by atoms with Crippen LogP contribution < -0.4 is 0 Å². The fraction of sp³-hybridized carbons (Fsp3) is 0.778. The van der Waals surface area contributed by atoms with E-state index < -0.39 is 33.6 Å². The van der Waals surface area contributed by atoms with E-state index in [9.17, 15) is 18.0 Å². The van der Waals surface area contributed by atoms with Gasteiger partial charge in [-0.3, -0.25) is 9.59 Å². The smallest absolute Gasteiger partial charge is 0.320 e. The SMILES string of the molecule is COC(=O)C1CCCN(S(=O)(=O)CC(=O)O)C1. The first-order valence-electron chi connectivity index (χ1n) is 5.14. The van der Waals surface area contributed by atoms with Gasteiger partial charge in [0.05, 0.1) is 13.0 Å². The molecule has 1 atom stereocenters. The van der Waals surface area contributed by atoms with Crippen molar-refractivity contribution in [2.45, 2.75) is 12.8 Å². The number of sulfonamides is 1. The van der Waals surface area contributed by atoms with Crippen molar-refractivity contribution in [1.82, 2.24) is 4.31 Å². The van der Waals surface area contributed by atoms with Crippen LogP contribution in [0.3, 0.4) is 0 Å². The molecule has 17 heavy (non-hydrogen) atoms. The molecule has 1 heterocycles. The minimum atomic E-state index is -3.83. The fourth-order valence-corrected chi connectivity index (χ4v) is 3.11. The second-order valence-electron chi connectivity index (χ2n) is 3.87. The van der Waals surface area contributed by atoms with Gasteiger partial charge in [0, 0.05) is 13.1 Å². The molecule has 0 spiro atoms. The first-order valence-corrected chi connectivity index (χ1v) is 6.75. The van der Waals surface area contributed by atoms with Gasteiger partial charge in [0.2, 0.25) is 10.0 Å². The van der Waals surface area contributed by atoms with Gasteiger partial charge in [0.15, 0.2) is 5.75 Å². The number of nitrogens with zero attached hydrogens (tertiary/aromatic N) is 1. The first-order chi connectivity index (χ1) is 7.86. The van der Waals surface area contributed by atoms with E-state index in [1.54, 1.807) is 0 Å². The van der Waals surface area contributed by atoms with E-state index in [0.29, 0.717) is 12.8 Å². The number of piperidine rings is 1. The van der Waals surface area contributed by atoms with E-state index in [1.165, 1.54) is 7.11 Å². The Kier molecular flexibility index (Phi) is 4.47. The zero-order chi connectivity index (χ0) is 13.1. The van der Waals surface area contributed by atoms with Crippen LogP contribution in [0.25, 0.3) is 0 Å². The van der Waals surface area contributed by atoms with Crippen molar-refractivity contribution in [3.05, 3.63) is 0 Å². The van der Waals surface area contributed by atoms with E-state index in [0.717, 1.165) is 4.31 Å². The second kappa shape index (κ2) is 5.46. The molecule has 98 valence electrons. The Morgan fingerprint density at radius 2 is 2.12 bits per heavy atom. The molecule has 0 aromatic heterocycles. The minimum Gasteiger partial charge on any atom is -0.480 e. The first kappa shape index (κ1) is 13.9. The maximum atomic E-state index is 11.6. The monoisotopic (exact) mass is 265 g/mol. The van der Waals surface area contributed by atoms with Crippen molar-refractivity contribution in [1.29, 1.82) is 0 Å². The fourth-order valence-electron chi connectivity index (χ4n) is 1.80. The number of rotatable bonds is 4. The Labute approximate surface area is 99.4 Å². The van der Waals surface area contributed by atoms with Crippen molar-refractivity contribution in [3.63, 3.8) is 0 Å². The molecule has 1 rings (SSSR count). The van der Waals surface area contributed by atoms with Crippen LogP contribution in [0.15, 0.2) is 0 Å². The molecule has 0 radical (unpaired) electrons. The molecule has 0 amide bonds. The average molecular weight is 265 g/mol. The van der Waals surface area contributed by atoms with E-state index in [2.05, 4.69) is 4.74 Å². The van der Waals surface area contributed by atoms with Gasteiger partial charge in [-0.2, -0.15) is 0 Å². The number of carbonyl (C=O) groups is 2. The molecule has 7 nitrogen and oxygen atoms in total. The zero-order valence-corrected chi connectivity index (χ0v) is 10.3. The molecule has 0 aromatic rings. The van der Waals surface area contributed by atoms with Crippen LogP contribution in [-0.4, -0.2) is 55.7 Å². The predicted octanol–water partition coefficient (Wildman–Crippen LogP) is -0.714. The van der Waals surface area contributed by atoms with Gasteiger partial charge in [-0.05, 0) is 12.8 Å². The number of hydrogen-bond acceptors (Lipinski definition) is 5. The Morgan fingerprint density at radius 3 is 2.65 bits per heavy atom. The van der Waals surface area contributed by atoms with Gasteiger partial charge in [-0.25, -0.2) is 12.7 Å². The maximum Gasteiger partial charge on any atom is 0.320 e. The summed E-state index contributed by atoms with van der Waals surface area (Å²) < 4.78 is 28.9. The van der Waals surface area contributed by atoms with Crippen LogP contribution in [0.1, 0.15) is 12.8 Å². The van der Waals surface area contributed by atoms with Crippen LogP contribution in [0.4, 0.5) is 0 Å². The van der Waals surface area contributed by atoms with E-state index in [-0.39, 0.29) is 13.1 Å². The predicted molar refractivity (Wildman–Crippen MR) is 57.7 cm³/mol. The molecule has 0 bridgehead atoms. The summed E-state index contributed by atoms with van der Waals surface area (Å²) >= 11 is 0. The average Bonchev–Trinajstić information content (AvgIpc) is 2.26. The highest BCUT2D eigenvalue weighted by Crippen LogP contribution is 2.20. The lowest BCUT2D eigenvalue weighted by Gasteiger charge is -2.29. The Bertz CT molecular complexity index is 404. The zero-order valence-electron chi connectivity index (χ0n) is 9.46. The molecule has 1 saturated heterocycles. The van der Waals surface area contributed by atoms with Crippen molar-refractivity contribution >= 4 is 22.0 Å². The molecular weight excluding hydrogens is 250 g/mol. The van der Waals surface area contributed by atoms with Crippen LogP contribution in [-0.2, 0) is 24.3 Å². The van der Waals surface area contributed by atoms with Crippen molar-refractivity contribution in [2.24, 2.45) is 5.92 Å². The van der Waals surface area contributed by atoms with E-state index >= 15 is 0 Å². The number of ether oxygens (including phenoxy) is 1. The van der Waals surface area contributed by atoms with Gasteiger partial charge < -0.3 is 9.84 Å². The quantitative estimate of drug-likeness (QED) is 0.673. The van der Waals surface area contributed by atoms with Gasteiger partial charge >= 0.3 is 11.9 Å². The normalized spacial score (nSPS) is 22.1. The number of hydrogen-bond donors (Lipinski definition) is 1. The Hall–Kier alpha value is -1.15. The lowest BCUT2D eigenvalue weighted by molar-refractivity contribution is -0.146. The number of esters is 1. The summed E-state index contributed by atoms with van der Waals surface area (Å²) in [6, 6.07) is 0. The van der Waals surface area contributed by atoms with Crippen molar-refractivity contribution in [2.75, 3.05) is 26.0 Å². The lowest BCUT2D eigenvalue weighted by Crippen LogP contribution is -2.44. The van der Waals surface area contributed by atoms with Gasteiger partial charge in [0.25, 0.3) is 0 Å². The Balaban J connectivity index is 2.72. The van der Waals surface area contributed by atoms with Crippen molar-refractivity contribution < 1.29 is 27.9 Å². The summed E-state index contributed by atoms with van der Waals surface area (Å²) in [6.07, 6.45) is 1.09. The third-order valence-electron chi connectivity index (χ3n) is 2.62. The molecule has 1 aliphatic rings. The summed E-state index contributed by atoms with van der Waals surface area (Å²) in [5, 5.41) is 8.50. The van der Waals surface area contributed by atoms with Crippen LogP contribution in [0.2, 0.25) is 0 Å². The van der Waals surface area contributed by atoms with Crippen molar-refractivity contribution in [3.8, 4) is 0 Å². The van der Waals surface area contributed by atoms with E-state index in [4.69, 9.17) is 5.11 Å². The summed E-state index contributed by atoms with van der Waals surface area (Å²) in [7, 11) is -2.59. The standard InChI is InChI=1S/C9H15NO6S/c1-16-9(13)7-3-2-4-10(5-7)17(14,15)6-8(11)12/h7H,2-6H2,1H3,(H,11,12). The van der Waals surface area contributed by atoms with Crippen LogP contribution >= 0.6 is 0 Å². The highest BCUT2D eigenvalue weighted by molar-refractivity contribution is 7.89. The molecule has 1 unspecified atom stereocenters. The molecule has 1 N–H and O–H groups in total. The maximum absolute atomic E-state index is 11.6. The molecule has 8 heteroatoms. The van der Waals surface area contributed by atoms with Gasteiger partial charge in [-0.15, -0.1) is 0 Å². The van der Waals surface area contributed by atoms with Gasteiger partial charge in [0.1, 0.15) is 0 Å². The summed E-state index contributed by atoms with van der Waals surface area (Å²) in [4.78, 5) is 21.7. The molecular formula is C9H15NO6S. The number of carbonyl (C=O) groups excluding carboxylic acids is 1. The third kappa shape index (κ3) is 3.67. The summed E-state index contributed by atoms with van der Waals surface area (Å²) in [6.45, 7) is 0.255. The third-order valence-corrected chi connectivity index (χ3v) is 4.35. The van der Waals surface area contributed by atoms with Crippen LogP contribution in [0.5, 0.6) is 0 Å². The topological polar surface area (TPSA) is 101 Å². The van der Waals surface area contributed by atoms with Gasteiger partial charge in [-0.1, -0.05) is 0 Å². The lowest BCUT2D eigenvalue weighted by atomic mass is 10.0. The minimum absolute atomic E-state index is 0.00227. The molecule has 1 aliphatic heterocycles. The van der Waals surface area contributed by atoms with E-state index in [1.807, 2.05) is 0 Å². The number of carboxylic acid groups (broad SMARTS) is 1. The number of methoxy groups -OCH3 is 1. The molecule has 0 aliphatic carbocycles. The number of carboxylic acids is 1. The largest absolute Gasteiger partial charge is 0.480 e. The molecule has 0 saturated carbocycles. The molecule has 0 aromatic carbocycles. The highest BCUT2D eigenvalue weighted by atomic mass is 32.2.